The van der Waals surface area contributed by atoms with E-state index in [4.69, 9.17) is 5.11 Å². The Balaban J connectivity index is 0.000000382. The Bertz CT molecular complexity index is 412. The van der Waals surface area contributed by atoms with E-state index in [1.807, 2.05) is 37.3 Å². The maximum atomic E-state index is 11.0. The highest BCUT2D eigenvalue weighted by Gasteiger charge is 2.07. The first-order valence-corrected chi connectivity index (χ1v) is 7.34. The number of Topliss-reactive ketones (excluding diaryl/α,β-unsaturated/α-hetero) is 1. The van der Waals surface area contributed by atoms with Crippen molar-refractivity contribution >= 4 is 11.9 Å². The van der Waals surface area contributed by atoms with Crippen LogP contribution < -0.4 is 0 Å². The van der Waals surface area contributed by atoms with Crippen LogP contribution in [-0.4, -0.2) is 23.1 Å². The van der Waals surface area contributed by atoms with Crippen LogP contribution in [0, 0.1) is 5.92 Å². The number of ether oxygens (including phenoxy) is 1. The molecule has 0 saturated heterocycles. The molecule has 0 aliphatic heterocycles. The number of carbonyl (C=O) groups excluding carboxylic acids is 1. The first-order chi connectivity index (χ1) is 9.86. The second-order valence-corrected chi connectivity index (χ2v) is 5.31. The Morgan fingerprint density at radius 1 is 1.10 bits per heavy atom. The van der Waals surface area contributed by atoms with E-state index in [0.29, 0.717) is 12.3 Å². The van der Waals surface area contributed by atoms with Gasteiger partial charge in [-0.3, -0.25) is 4.79 Å². The normalized spacial score (nSPS) is 11.3. The van der Waals surface area contributed by atoms with Gasteiger partial charge in [-0.1, -0.05) is 51.1 Å². The van der Waals surface area contributed by atoms with Crippen molar-refractivity contribution in [3.05, 3.63) is 35.9 Å². The molecular formula is C17H26O4. The minimum Gasteiger partial charge on any atom is -0.450 e. The van der Waals surface area contributed by atoms with Crippen molar-refractivity contribution in [1.82, 2.24) is 0 Å². The van der Waals surface area contributed by atoms with Crippen LogP contribution in [0.25, 0.3) is 0 Å². The summed E-state index contributed by atoms with van der Waals surface area (Å²) in [5.74, 6) is 0.815. The highest BCUT2D eigenvalue weighted by Crippen LogP contribution is 2.08. The summed E-state index contributed by atoms with van der Waals surface area (Å²) in [6.07, 6.45) is 1.05. The predicted octanol–water partition coefficient (Wildman–Crippen LogP) is 4.79. The van der Waals surface area contributed by atoms with Gasteiger partial charge in [-0.05, 0) is 25.7 Å². The van der Waals surface area contributed by atoms with E-state index in [9.17, 15) is 9.59 Å². The summed E-state index contributed by atoms with van der Waals surface area (Å²) in [7, 11) is 0. The van der Waals surface area contributed by atoms with Gasteiger partial charge >= 0.3 is 6.16 Å². The molecule has 1 aromatic carbocycles. The molecule has 1 atom stereocenters. The Morgan fingerprint density at radius 3 is 2.10 bits per heavy atom. The molecule has 0 aliphatic rings. The van der Waals surface area contributed by atoms with Gasteiger partial charge in [0.1, 0.15) is 6.10 Å². The van der Waals surface area contributed by atoms with Gasteiger partial charge in [0.05, 0.1) is 0 Å². The first kappa shape index (κ1) is 19.2. The smallest absolute Gasteiger partial charge is 0.450 e. The van der Waals surface area contributed by atoms with Gasteiger partial charge in [0.25, 0.3) is 0 Å². The lowest BCUT2D eigenvalue weighted by atomic mass is 10.1. The van der Waals surface area contributed by atoms with Crippen LogP contribution >= 0.6 is 0 Å². The maximum absolute atomic E-state index is 11.0. The predicted molar refractivity (Wildman–Crippen MR) is 83.7 cm³/mol. The average molecular weight is 294 g/mol. The highest BCUT2D eigenvalue weighted by atomic mass is 16.7. The Hall–Kier alpha value is -1.84. The van der Waals surface area contributed by atoms with Crippen LogP contribution in [-0.2, 0) is 4.74 Å². The zero-order chi connectivity index (χ0) is 16.3. The standard InChI is InChI=1S/C9H10O.C8H16O3/c1-2-9(10)8-6-4-3-5-7-8;1-6(2)4-5-7(3)11-8(9)10/h3-7H,2H2,1H3;6-7H,4-5H2,1-3H3,(H,9,10). The fourth-order valence-electron chi connectivity index (χ4n) is 1.63. The van der Waals surface area contributed by atoms with Crippen LogP contribution in [0.15, 0.2) is 30.3 Å². The largest absolute Gasteiger partial charge is 0.506 e. The molecular weight excluding hydrogens is 268 g/mol. The number of hydrogen-bond donors (Lipinski definition) is 1. The third kappa shape index (κ3) is 10.6. The van der Waals surface area contributed by atoms with Gasteiger partial charge < -0.3 is 9.84 Å². The number of carboxylic acid groups (broad SMARTS) is 1. The van der Waals surface area contributed by atoms with Crippen molar-refractivity contribution in [3.8, 4) is 0 Å². The average Bonchev–Trinajstić information content (AvgIpc) is 2.45. The van der Waals surface area contributed by atoms with E-state index in [0.717, 1.165) is 18.4 Å². The third-order valence-electron chi connectivity index (χ3n) is 2.87. The zero-order valence-corrected chi connectivity index (χ0v) is 13.3. The maximum Gasteiger partial charge on any atom is 0.506 e. The molecule has 0 aromatic heterocycles. The minimum absolute atomic E-state index is 0.171. The van der Waals surface area contributed by atoms with Crippen molar-refractivity contribution in [2.75, 3.05) is 0 Å². The lowest BCUT2D eigenvalue weighted by Crippen LogP contribution is -2.13. The number of hydrogen-bond acceptors (Lipinski definition) is 3. The fraction of sp³-hybridized carbons (Fsp3) is 0.529. The van der Waals surface area contributed by atoms with Crippen molar-refractivity contribution in [2.45, 2.75) is 53.1 Å². The lowest BCUT2D eigenvalue weighted by Gasteiger charge is -2.11. The van der Waals surface area contributed by atoms with Crippen LogP contribution in [0.2, 0.25) is 0 Å². The molecule has 0 heterocycles. The van der Waals surface area contributed by atoms with Crippen molar-refractivity contribution in [2.24, 2.45) is 5.92 Å². The van der Waals surface area contributed by atoms with Gasteiger partial charge in [0.2, 0.25) is 0 Å². The summed E-state index contributed by atoms with van der Waals surface area (Å²) in [5.41, 5.74) is 0.810. The highest BCUT2D eigenvalue weighted by molar-refractivity contribution is 5.95. The fourth-order valence-corrected chi connectivity index (χ4v) is 1.63. The molecule has 118 valence electrons. The van der Waals surface area contributed by atoms with Gasteiger partial charge in [0, 0.05) is 12.0 Å². The second-order valence-electron chi connectivity index (χ2n) is 5.31. The molecule has 1 N–H and O–H groups in total. The van der Waals surface area contributed by atoms with Crippen LogP contribution in [0.4, 0.5) is 4.79 Å². The molecule has 0 radical (unpaired) electrons. The summed E-state index contributed by atoms with van der Waals surface area (Å²) in [6.45, 7) is 7.85. The number of ketones is 1. The van der Waals surface area contributed by atoms with Crippen molar-refractivity contribution in [1.29, 1.82) is 0 Å². The summed E-state index contributed by atoms with van der Waals surface area (Å²) in [4.78, 5) is 21.0. The van der Waals surface area contributed by atoms with Gasteiger partial charge in [-0.15, -0.1) is 0 Å². The molecule has 4 nitrogen and oxygen atoms in total. The molecule has 0 bridgehead atoms. The van der Waals surface area contributed by atoms with E-state index < -0.39 is 6.16 Å². The van der Waals surface area contributed by atoms with E-state index in [-0.39, 0.29) is 11.9 Å². The molecule has 0 spiro atoms. The Labute approximate surface area is 127 Å². The number of benzene rings is 1. The Kier molecular flexibility index (Phi) is 9.94. The van der Waals surface area contributed by atoms with Gasteiger partial charge in [0.15, 0.2) is 5.78 Å². The monoisotopic (exact) mass is 294 g/mol. The molecule has 1 unspecified atom stereocenters. The first-order valence-electron chi connectivity index (χ1n) is 7.34. The second kappa shape index (κ2) is 10.9. The number of carbonyl (C=O) groups is 2. The van der Waals surface area contributed by atoms with Crippen LogP contribution in [0.5, 0.6) is 0 Å². The summed E-state index contributed by atoms with van der Waals surface area (Å²) < 4.78 is 4.52. The topological polar surface area (TPSA) is 63.6 Å². The molecule has 1 aromatic rings. The van der Waals surface area contributed by atoms with Crippen LogP contribution in [0.1, 0.15) is 57.3 Å². The van der Waals surface area contributed by atoms with Crippen molar-refractivity contribution < 1.29 is 19.4 Å². The van der Waals surface area contributed by atoms with E-state index in [1.54, 1.807) is 6.92 Å². The number of rotatable bonds is 6. The Morgan fingerprint density at radius 2 is 1.67 bits per heavy atom. The zero-order valence-electron chi connectivity index (χ0n) is 13.3. The lowest BCUT2D eigenvalue weighted by molar-refractivity contribution is 0.0536. The van der Waals surface area contributed by atoms with Crippen LogP contribution in [0.3, 0.4) is 0 Å². The van der Waals surface area contributed by atoms with Crippen molar-refractivity contribution in [3.63, 3.8) is 0 Å². The molecule has 1 rings (SSSR count). The summed E-state index contributed by atoms with van der Waals surface area (Å²) in [6, 6.07) is 9.34. The molecule has 0 saturated carbocycles. The van der Waals surface area contributed by atoms with E-state index >= 15 is 0 Å². The van der Waals surface area contributed by atoms with E-state index in [1.165, 1.54) is 0 Å². The molecule has 0 aliphatic carbocycles. The quantitative estimate of drug-likeness (QED) is 0.605. The van der Waals surface area contributed by atoms with E-state index in [2.05, 4.69) is 18.6 Å². The minimum atomic E-state index is -1.18. The molecule has 0 fully saturated rings. The van der Waals surface area contributed by atoms with Gasteiger partial charge in [-0.2, -0.15) is 0 Å². The molecule has 0 amide bonds. The third-order valence-corrected chi connectivity index (χ3v) is 2.87. The SMILES string of the molecule is CC(C)CCC(C)OC(=O)O.CCC(=O)c1ccccc1. The summed E-state index contributed by atoms with van der Waals surface area (Å²) in [5, 5.41) is 8.23. The van der Waals surface area contributed by atoms with Gasteiger partial charge in [-0.25, -0.2) is 4.79 Å². The summed E-state index contributed by atoms with van der Waals surface area (Å²) >= 11 is 0. The molecule has 4 heteroatoms. The molecule has 21 heavy (non-hydrogen) atoms.